The molecule has 0 saturated heterocycles. The van der Waals surface area contributed by atoms with Crippen LogP contribution in [0.5, 0.6) is 0 Å². The summed E-state index contributed by atoms with van der Waals surface area (Å²) in [6, 6.07) is 0. The summed E-state index contributed by atoms with van der Waals surface area (Å²) in [7, 11) is 0. The first-order valence-corrected chi connectivity index (χ1v) is 2.60. The molecule has 0 bridgehead atoms. The minimum absolute atomic E-state index is 0. The van der Waals surface area contributed by atoms with Gasteiger partial charge in [0.2, 0.25) is 0 Å². The van der Waals surface area contributed by atoms with Crippen LogP contribution in [0.1, 0.15) is 13.3 Å². The Balaban J connectivity index is 0. The van der Waals surface area contributed by atoms with Gasteiger partial charge >= 0.3 is 35.5 Å². The molecule has 0 heterocycles. The summed E-state index contributed by atoms with van der Waals surface area (Å²) < 4.78 is 4.58. The number of carbonyl (C=O) groups is 1. The van der Waals surface area contributed by atoms with Crippen molar-refractivity contribution < 1.29 is 9.53 Å². The molecular weight excluding hydrogens is 127 g/mol. The predicted octanol–water partition coefficient (Wildman–Crippen LogP) is 0.477. The summed E-state index contributed by atoms with van der Waals surface area (Å²) in [6.07, 6.45) is 2.02. The first-order valence-electron chi connectivity index (χ1n) is 2.60. The van der Waals surface area contributed by atoms with Crippen molar-refractivity contribution in [2.75, 3.05) is 6.61 Å². The Morgan fingerprint density at radius 3 is 2.67 bits per heavy atom. The minimum atomic E-state index is -0.341. The fraction of sp³-hybridized carbons (Fsp3) is 0.500. The zero-order valence-corrected chi connectivity index (χ0v) is 5.02. The first-order chi connectivity index (χ1) is 3.81. The molecular formula is C6H11NaO2. The predicted molar refractivity (Wildman–Crippen MR) is 38.6 cm³/mol. The van der Waals surface area contributed by atoms with Crippen LogP contribution in [0.15, 0.2) is 12.7 Å². The van der Waals surface area contributed by atoms with Crippen molar-refractivity contribution in [3.63, 3.8) is 0 Å². The number of carbonyl (C=O) groups excluding carboxylic acids is 1. The molecule has 0 atom stereocenters. The number of ether oxygens (including phenoxy) is 1. The standard InChI is InChI=1S/C6H10O2.Na.H/c1-3-5-8-6(7)4-2;;/h4H,2-3,5H2,1H3;;. The molecule has 0 rings (SSSR count). The van der Waals surface area contributed by atoms with E-state index in [4.69, 9.17) is 0 Å². The molecule has 0 aliphatic rings. The second-order valence-corrected chi connectivity index (χ2v) is 1.37. The van der Waals surface area contributed by atoms with E-state index in [2.05, 4.69) is 11.3 Å². The van der Waals surface area contributed by atoms with Gasteiger partial charge in [-0.15, -0.1) is 0 Å². The van der Waals surface area contributed by atoms with Gasteiger partial charge < -0.3 is 4.74 Å². The van der Waals surface area contributed by atoms with Gasteiger partial charge in [-0.25, -0.2) is 4.79 Å². The Hall–Kier alpha value is 0.210. The third kappa shape index (κ3) is 8.21. The van der Waals surface area contributed by atoms with Gasteiger partial charge in [0.1, 0.15) is 0 Å². The molecule has 0 radical (unpaired) electrons. The summed E-state index contributed by atoms with van der Waals surface area (Å²) >= 11 is 0. The molecule has 0 aromatic carbocycles. The van der Waals surface area contributed by atoms with E-state index in [0.717, 1.165) is 12.5 Å². The zero-order chi connectivity index (χ0) is 6.41. The Morgan fingerprint density at radius 1 is 1.78 bits per heavy atom. The molecule has 0 aliphatic heterocycles. The summed E-state index contributed by atoms with van der Waals surface area (Å²) in [4.78, 5) is 10.2. The molecule has 0 N–H and O–H groups in total. The Labute approximate surface area is 77.6 Å². The zero-order valence-electron chi connectivity index (χ0n) is 5.02. The maximum absolute atomic E-state index is 10.2. The van der Waals surface area contributed by atoms with Gasteiger partial charge in [-0.05, 0) is 6.42 Å². The van der Waals surface area contributed by atoms with E-state index in [-0.39, 0.29) is 35.5 Å². The van der Waals surface area contributed by atoms with Gasteiger partial charge in [0, 0.05) is 6.08 Å². The summed E-state index contributed by atoms with van der Waals surface area (Å²) in [5.74, 6) is -0.341. The number of esters is 1. The van der Waals surface area contributed by atoms with Crippen molar-refractivity contribution in [1.29, 1.82) is 0 Å². The van der Waals surface area contributed by atoms with Crippen LogP contribution in [0.3, 0.4) is 0 Å². The summed E-state index contributed by atoms with van der Waals surface area (Å²) in [5, 5.41) is 0. The van der Waals surface area contributed by atoms with Crippen molar-refractivity contribution >= 4 is 35.5 Å². The molecule has 3 heteroatoms. The Bertz CT molecular complexity index is 91.1. The van der Waals surface area contributed by atoms with Gasteiger partial charge in [0.25, 0.3) is 0 Å². The molecule has 0 amide bonds. The van der Waals surface area contributed by atoms with Crippen molar-refractivity contribution in [3.8, 4) is 0 Å². The average Bonchev–Trinajstić information content (AvgIpc) is 1.83. The van der Waals surface area contributed by atoms with Crippen molar-refractivity contribution in [2.45, 2.75) is 13.3 Å². The van der Waals surface area contributed by atoms with E-state index < -0.39 is 0 Å². The Kier molecular flexibility index (Phi) is 10.9. The van der Waals surface area contributed by atoms with E-state index >= 15 is 0 Å². The van der Waals surface area contributed by atoms with Crippen LogP contribution in [0.25, 0.3) is 0 Å². The SMILES string of the molecule is C=CC(=O)OCCC.[NaH]. The third-order valence-electron chi connectivity index (χ3n) is 0.615. The van der Waals surface area contributed by atoms with Crippen LogP contribution in [-0.2, 0) is 9.53 Å². The molecule has 0 fully saturated rings. The van der Waals surface area contributed by atoms with Crippen molar-refractivity contribution in [1.82, 2.24) is 0 Å². The van der Waals surface area contributed by atoms with Crippen LogP contribution >= 0.6 is 0 Å². The third-order valence-corrected chi connectivity index (χ3v) is 0.615. The second kappa shape index (κ2) is 8.21. The van der Waals surface area contributed by atoms with Crippen LogP contribution in [0, 0.1) is 0 Å². The van der Waals surface area contributed by atoms with Crippen LogP contribution in [0.2, 0.25) is 0 Å². The van der Waals surface area contributed by atoms with Crippen LogP contribution in [-0.4, -0.2) is 42.1 Å². The molecule has 0 saturated carbocycles. The number of hydrogen-bond donors (Lipinski definition) is 0. The molecule has 0 aliphatic carbocycles. The van der Waals surface area contributed by atoms with Gasteiger partial charge in [-0.3, -0.25) is 0 Å². The van der Waals surface area contributed by atoms with E-state index in [1.165, 1.54) is 0 Å². The molecule has 0 aromatic heterocycles. The fourth-order valence-corrected chi connectivity index (χ4v) is 0.262. The molecule has 0 spiro atoms. The van der Waals surface area contributed by atoms with Crippen molar-refractivity contribution in [2.24, 2.45) is 0 Å². The Morgan fingerprint density at radius 2 is 2.33 bits per heavy atom. The summed E-state index contributed by atoms with van der Waals surface area (Å²) in [5.41, 5.74) is 0. The molecule has 48 valence electrons. The molecule has 9 heavy (non-hydrogen) atoms. The van der Waals surface area contributed by atoms with Crippen LogP contribution in [0.4, 0.5) is 0 Å². The maximum atomic E-state index is 10.2. The number of hydrogen-bond acceptors (Lipinski definition) is 2. The van der Waals surface area contributed by atoms with Gasteiger partial charge in [-0.2, -0.15) is 0 Å². The van der Waals surface area contributed by atoms with Gasteiger partial charge in [0.05, 0.1) is 6.61 Å². The van der Waals surface area contributed by atoms with Gasteiger partial charge in [-0.1, -0.05) is 13.5 Å². The number of rotatable bonds is 3. The normalized spacial score (nSPS) is 7.22. The monoisotopic (exact) mass is 138 g/mol. The van der Waals surface area contributed by atoms with Gasteiger partial charge in [0.15, 0.2) is 0 Å². The van der Waals surface area contributed by atoms with Crippen LogP contribution < -0.4 is 0 Å². The summed E-state index contributed by atoms with van der Waals surface area (Å²) in [6.45, 7) is 5.67. The molecule has 2 nitrogen and oxygen atoms in total. The fourth-order valence-electron chi connectivity index (χ4n) is 0.262. The molecule has 0 aromatic rings. The quantitative estimate of drug-likeness (QED) is 0.322. The second-order valence-electron chi connectivity index (χ2n) is 1.37. The van der Waals surface area contributed by atoms with E-state index in [1.54, 1.807) is 0 Å². The molecule has 0 unspecified atom stereocenters. The van der Waals surface area contributed by atoms with E-state index in [9.17, 15) is 4.79 Å². The topological polar surface area (TPSA) is 26.3 Å². The van der Waals surface area contributed by atoms with E-state index in [0.29, 0.717) is 6.61 Å². The van der Waals surface area contributed by atoms with E-state index in [1.807, 2.05) is 6.92 Å². The average molecular weight is 138 g/mol. The van der Waals surface area contributed by atoms with Crippen molar-refractivity contribution in [3.05, 3.63) is 12.7 Å². The first kappa shape index (κ1) is 11.9.